The predicted octanol–water partition coefficient (Wildman–Crippen LogP) is 0.899. The van der Waals surface area contributed by atoms with E-state index in [0.717, 1.165) is 38.2 Å². The number of likely N-dealkylation sites (N-methyl/N-ethyl adjacent to an activating group) is 1. The molecular formula is C15H24N2O3. The van der Waals surface area contributed by atoms with Crippen LogP contribution in [0.3, 0.4) is 0 Å². The monoisotopic (exact) mass is 280 g/mol. The smallest absolute Gasteiger partial charge is 0.160 e. The maximum Gasteiger partial charge on any atom is 0.160 e. The molecule has 1 atom stereocenters. The van der Waals surface area contributed by atoms with E-state index >= 15 is 0 Å². The van der Waals surface area contributed by atoms with Crippen molar-refractivity contribution in [2.75, 3.05) is 40.4 Å². The van der Waals surface area contributed by atoms with Crippen molar-refractivity contribution < 1.29 is 14.9 Å². The Bertz CT molecular complexity index is 439. The largest absolute Gasteiger partial charge is 0.504 e. The Kier molecular flexibility index (Phi) is 5.23. The quantitative estimate of drug-likeness (QED) is 0.839. The molecule has 0 bridgehead atoms. The normalized spacial score (nSPS) is 21.1. The molecule has 1 fully saturated rings. The number of hydrogen-bond donors (Lipinski definition) is 2. The van der Waals surface area contributed by atoms with Crippen LogP contribution in [0.15, 0.2) is 18.2 Å². The lowest BCUT2D eigenvalue weighted by atomic mass is 10.1. The van der Waals surface area contributed by atoms with Crippen molar-refractivity contribution in [3.63, 3.8) is 0 Å². The average molecular weight is 280 g/mol. The fraction of sp³-hybridized carbons (Fsp3) is 0.600. The van der Waals surface area contributed by atoms with Crippen molar-refractivity contribution >= 4 is 0 Å². The first-order valence-electron chi connectivity index (χ1n) is 7.03. The lowest BCUT2D eigenvalue weighted by Crippen LogP contribution is -2.51. The Morgan fingerprint density at radius 3 is 2.80 bits per heavy atom. The first-order chi connectivity index (χ1) is 9.63. The summed E-state index contributed by atoms with van der Waals surface area (Å²) in [6.45, 7) is 4.00. The van der Waals surface area contributed by atoms with Crippen LogP contribution in [0, 0.1) is 0 Å². The number of phenolic OH excluding ortho intramolecular Hbond substituents is 1. The van der Waals surface area contributed by atoms with Crippen LogP contribution in [0.5, 0.6) is 11.5 Å². The highest BCUT2D eigenvalue weighted by Crippen LogP contribution is 2.27. The molecule has 1 heterocycles. The summed E-state index contributed by atoms with van der Waals surface area (Å²) in [6.07, 6.45) is 0.806. The maximum atomic E-state index is 9.81. The predicted molar refractivity (Wildman–Crippen MR) is 78.1 cm³/mol. The molecule has 1 unspecified atom stereocenters. The third-order valence-corrected chi connectivity index (χ3v) is 3.97. The zero-order valence-corrected chi connectivity index (χ0v) is 12.2. The molecule has 0 amide bonds. The van der Waals surface area contributed by atoms with Gasteiger partial charge in [-0.05, 0) is 31.2 Å². The highest BCUT2D eigenvalue weighted by Gasteiger charge is 2.23. The molecule has 112 valence electrons. The zero-order chi connectivity index (χ0) is 14.5. The second-order valence-corrected chi connectivity index (χ2v) is 5.39. The van der Waals surface area contributed by atoms with Crippen molar-refractivity contribution in [2.24, 2.45) is 0 Å². The molecule has 1 saturated heterocycles. The molecule has 1 aliphatic rings. The summed E-state index contributed by atoms with van der Waals surface area (Å²) in [5.41, 5.74) is 1.08. The molecule has 1 aliphatic heterocycles. The lowest BCUT2D eigenvalue weighted by molar-refractivity contribution is 0.0742. The van der Waals surface area contributed by atoms with Gasteiger partial charge in [-0.2, -0.15) is 0 Å². The minimum Gasteiger partial charge on any atom is -0.504 e. The molecule has 0 saturated carbocycles. The van der Waals surface area contributed by atoms with Gasteiger partial charge in [-0.3, -0.25) is 4.90 Å². The topological polar surface area (TPSA) is 56.2 Å². The lowest BCUT2D eigenvalue weighted by Gasteiger charge is -2.39. The summed E-state index contributed by atoms with van der Waals surface area (Å²) in [7, 11) is 3.66. The summed E-state index contributed by atoms with van der Waals surface area (Å²) in [6, 6.07) is 5.95. The molecule has 0 spiro atoms. The minimum atomic E-state index is 0.186. The van der Waals surface area contributed by atoms with Crippen LogP contribution < -0.4 is 4.74 Å². The Balaban J connectivity index is 1.97. The molecule has 0 aromatic heterocycles. The zero-order valence-electron chi connectivity index (χ0n) is 12.2. The SMILES string of the molecule is COc1ccc(CN2CCN(C)C(CCO)C2)cc1O. The molecule has 5 nitrogen and oxygen atoms in total. The average Bonchev–Trinajstić information content (AvgIpc) is 2.43. The number of aliphatic hydroxyl groups is 1. The highest BCUT2D eigenvalue weighted by molar-refractivity contribution is 5.41. The van der Waals surface area contributed by atoms with Crippen molar-refractivity contribution in [3.8, 4) is 11.5 Å². The number of aliphatic hydroxyl groups excluding tert-OH is 1. The van der Waals surface area contributed by atoms with Gasteiger partial charge in [-0.1, -0.05) is 6.07 Å². The van der Waals surface area contributed by atoms with Gasteiger partial charge in [-0.25, -0.2) is 0 Å². The standard InChI is InChI=1S/C15H24N2O3/c1-16-6-7-17(11-13(16)5-8-18)10-12-3-4-15(20-2)14(19)9-12/h3-4,9,13,18-19H,5-8,10-11H2,1-2H3. The number of methoxy groups -OCH3 is 1. The van der Waals surface area contributed by atoms with Gasteiger partial charge >= 0.3 is 0 Å². The van der Waals surface area contributed by atoms with E-state index in [1.165, 1.54) is 0 Å². The molecule has 2 N–H and O–H groups in total. The highest BCUT2D eigenvalue weighted by atomic mass is 16.5. The molecule has 0 aliphatic carbocycles. The van der Waals surface area contributed by atoms with E-state index in [0.29, 0.717) is 11.8 Å². The van der Waals surface area contributed by atoms with Crippen molar-refractivity contribution in [1.29, 1.82) is 0 Å². The molecule has 2 rings (SSSR count). The second kappa shape index (κ2) is 6.92. The van der Waals surface area contributed by atoms with E-state index in [1.54, 1.807) is 19.2 Å². The summed E-state index contributed by atoms with van der Waals surface area (Å²) < 4.78 is 5.05. The number of nitrogens with zero attached hydrogens (tertiary/aromatic N) is 2. The number of ether oxygens (including phenoxy) is 1. The van der Waals surface area contributed by atoms with E-state index < -0.39 is 0 Å². The van der Waals surface area contributed by atoms with Crippen LogP contribution >= 0.6 is 0 Å². The number of phenols is 1. The second-order valence-electron chi connectivity index (χ2n) is 5.39. The summed E-state index contributed by atoms with van der Waals surface area (Å²) in [5.74, 6) is 0.691. The van der Waals surface area contributed by atoms with Gasteiger partial charge in [0.05, 0.1) is 7.11 Å². The number of rotatable bonds is 5. The number of hydrogen-bond acceptors (Lipinski definition) is 5. The number of benzene rings is 1. The third-order valence-electron chi connectivity index (χ3n) is 3.97. The van der Waals surface area contributed by atoms with Crippen molar-refractivity contribution in [2.45, 2.75) is 19.0 Å². The van der Waals surface area contributed by atoms with E-state index in [2.05, 4.69) is 16.8 Å². The van der Waals surface area contributed by atoms with Crippen LogP contribution in [0.4, 0.5) is 0 Å². The van der Waals surface area contributed by atoms with Crippen molar-refractivity contribution in [3.05, 3.63) is 23.8 Å². The van der Waals surface area contributed by atoms with Gasteiger partial charge in [0, 0.05) is 38.8 Å². The van der Waals surface area contributed by atoms with E-state index in [9.17, 15) is 5.11 Å². The third kappa shape index (κ3) is 3.62. The summed E-state index contributed by atoms with van der Waals surface area (Å²) in [4.78, 5) is 4.67. The molecule has 1 aromatic rings. The number of piperazine rings is 1. The van der Waals surface area contributed by atoms with Gasteiger partial charge in [0.1, 0.15) is 0 Å². The Hall–Kier alpha value is -1.30. The first kappa shape index (κ1) is 15.1. The first-order valence-corrected chi connectivity index (χ1v) is 7.03. The van der Waals surface area contributed by atoms with Crippen LogP contribution in [0.1, 0.15) is 12.0 Å². The Morgan fingerprint density at radius 2 is 2.15 bits per heavy atom. The molecule has 5 heteroatoms. The molecule has 20 heavy (non-hydrogen) atoms. The van der Waals surface area contributed by atoms with Crippen molar-refractivity contribution in [1.82, 2.24) is 9.80 Å². The number of aromatic hydroxyl groups is 1. The fourth-order valence-electron chi connectivity index (χ4n) is 2.71. The van der Waals surface area contributed by atoms with Crippen LogP contribution in [0.25, 0.3) is 0 Å². The Morgan fingerprint density at radius 1 is 1.35 bits per heavy atom. The Labute approximate surface area is 120 Å². The van der Waals surface area contributed by atoms with Gasteiger partial charge in [0.15, 0.2) is 11.5 Å². The van der Waals surface area contributed by atoms with E-state index in [-0.39, 0.29) is 12.4 Å². The van der Waals surface area contributed by atoms with Gasteiger partial charge in [0.2, 0.25) is 0 Å². The minimum absolute atomic E-state index is 0.186. The van der Waals surface area contributed by atoms with Crippen LogP contribution in [-0.2, 0) is 6.54 Å². The van der Waals surface area contributed by atoms with Crippen LogP contribution in [-0.4, -0.2) is 66.5 Å². The molecular weight excluding hydrogens is 256 g/mol. The van der Waals surface area contributed by atoms with E-state index in [4.69, 9.17) is 9.84 Å². The van der Waals surface area contributed by atoms with Gasteiger partial charge in [-0.15, -0.1) is 0 Å². The van der Waals surface area contributed by atoms with Gasteiger partial charge < -0.3 is 19.8 Å². The van der Waals surface area contributed by atoms with E-state index in [1.807, 2.05) is 6.07 Å². The van der Waals surface area contributed by atoms with Crippen LogP contribution in [0.2, 0.25) is 0 Å². The molecule has 1 aromatic carbocycles. The summed E-state index contributed by atoms with van der Waals surface area (Å²) in [5, 5.41) is 18.9. The maximum absolute atomic E-state index is 9.81. The summed E-state index contributed by atoms with van der Waals surface area (Å²) >= 11 is 0. The fourth-order valence-corrected chi connectivity index (χ4v) is 2.71. The molecule has 0 radical (unpaired) electrons. The van der Waals surface area contributed by atoms with Gasteiger partial charge in [0.25, 0.3) is 0 Å².